The zero-order valence-electron chi connectivity index (χ0n) is 7.22. The summed E-state index contributed by atoms with van der Waals surface area (Å²) in [5.41, 5.74) is 1.31. The monoisotopic (exact) mass is 349 g/mol. The van der Waals surface area contributed by atoms with Crippen LogP contribution in [0.4, 0.5) is 0 Å². The predicted molar refractivity (Wildman–Crippen MR) is 68.0 cm³/mol. The summed E-state index contributed by atoms with van der Waals surface area (Å²) in [4.78, 5) is 0. The van der Waals surface area contributed by atoms with Crippen LogP contribution in [0.15, 0.2) is 28.7 Å². The van der Waals surface area contributed by atoms with Crippen LogP contribution >= 0.6 is 38.5 Å². The van der Waals surface area contributed by atoms with Crippen LogP contribution in [0.1, 0.15) is 6.92 Å². The third kappa shape index (κ3) is 1.64. The second kappa shape index (κ2) is 3.61. The Bertz CT molecular complexity index is 447. The van der Waals surface area contributed by atoms with E-state index in [-0.39, 0.29) is 0 Å². The molecule has 0 radical (unpaired) electrons. The second-order valence-electron chi connectivity index (χ2n) is 2.91. The summed E-state index contributed by atoms with van der Waals surface area (Å²) in [5, 5.41) is 1.31. The molecule has 68 valence electrons. The van der Waals surface area contributed by atoms with Crippen molar-refractivity contribution < 1.29 is 0 Å². The lowest BCUT2D eigenvalue weighted by atomic mass is 10.2. The van der Waals surface area contributed by atoms with Crippen molar-refractivity contribution in [2.75, 3.05) is 0 Å². The molecule has 0 amide bonds. The van der Waals surface area contributed by atoms with Gasteiger partial charge in [-0.05, 0) is 53.8 Å². The van der Waals surface area contributed by atoms with Crippen LogP contribution in [0.5, 0.6) is 0 Å². The quantitative estimate of drug-likeness (QED) is 0.685. The van der Waals surface area contributed by atoms with Crippen LogP contribution < -0.4 is 0 Å². The topological polar surface area (TPSA) is 4.93 Å². The van der Waals surface area contributed by atoms with Crippen LogP contribution in [0, 0.1) is 3.70 Å². The van der Waals surface area contributed by atoms with E-state index < -0.39 is 0 Å². The number of aryl methyl sites for hydroxylation is 1. The third-order valence-electron chi connectivity index (χ3n) is 2.13. The molecule has 0 saturated carbocycles. The molecule has 0 atom stereocenters. The Labute approximate surface area is 99.4 Å². The summed E-state index contributed by atoms with van der Waals surface area (Å²) in [6.45, 7) is 3.20. The standard InChI is InChI=1S/C10H9BrIN/c1-2-13-9-4-3-8(11)5-7(9)6-10(13)12/h3-6H,2H2,1H3. The number of hydrogen-bond donors (Lipinski definition) is 0. The van der Waals surface area contributed by atoms with E-state index in [1.807, 2.05) is 0 Å². The Kier molecular flexibility index (Phi) is 2.65. The predicted octanol–water partition coefficient (Wildman–Crippen LogP) is 4.03. The van der Waals surface area contributed by atoms with Gasteiger partial charge in [-0.15, -0.1) is 0 Å². The average Bonchev–Trinajstić information content (AvgIpc) is 2.39. The molecule has 1 aromatic carbocycles. The summed E-state index contributed by atoms with van der Waals surface area (Å²) in [5.74, 6) is 0. The highest BCUT2D eigenvalue weighted by Gasteiger charge is 2.04. The lowest BCUT2D eigenvalue weighted by molar-refractivity contribution is 0.778. The van der Waals surface area contributed by atoms with E-state index in [0.29, 0.717) is 0 Å². The Morgan fingerprint density at radius 2 is 2.15 bits per heavy atom. The maximum Gasteiger partial charge on any atom is 0.0809 e. The van der Waals surface area contributed by atoms with Crippen LogP contribution in [0.25, 0.3) is 10.9 Å². The highest BCUT2D eigenvalue weighted by molar-refractivity contribution is 14.1. The summed E-state index contributed by atoms with van der Waals surface area (Å²) in [6, 6.07) is 8.61. The van der Waals surface area contributed by atoms with Gasteiger partial charge in [0.05, 0.1) is 3.70 Å². The minimum absolute atomic E-state index is 1.03. The lowest BCUT2D eigenvalue weighted by Crippen LogP contribution is -1.94. The molecule has 0 fully saturated rings. The molecular formula is C10H9BrIN. The minimum Gasteiger partial charge on any atom is -0.336 e. The molecule has 0 saturated heterocycles. The van der Waals surface area contributed by atoms with Gasteiger partial charge in [0.25, 0.3) is 0 Å². The third-order valence-corrected chi connectivity index (χ3v) is 3.52. The highest BCUT2D eigenvalue weighted by atomic mass is 127. The largest absolute Gasteiger partial charge is 0.336 e. The smallest absolute Gasteiger partial charge is 0.0809 e. The van der Waals surface area contributed by atoms with Gasteiger partial charge in [0.2, 0.25) is 0 Å². The van der Waals surface area contributed by atoms with E-state index in [1.54, 1.807) is 0 Å². The molecule has 0 unspecified atom stereocenters. The Hall–Kier alpha value is -0.0300. The van der Waals surface area contributed by atoms with E-state index in [1.165, 1.54) is 14.6 Å². The maximum absolute atomic E-state index is 3.48. The van der Waals surface area contributed by atoms with Crippen LogP contribution in [0.3, 0.4) is 0 Å². The molecule has 13 heavy (non-hydrogen) atoms. The fourth-order valence-electron chi connectivity index (χ4n) is 1.53. The van der Waals surface area contributed by atoms with Crippen LogP contribution in [-0.2, 0) is 6.54 Å². The van der Waals surface area contributed by atoms with Gasteiger partial charge in [0, 0.05) is 21.9 Å². The number of nitrogens with zero attached hydrogens (tertiary/aromatic N) is 1. The number of benzene rings is 1. The zero-order chi connectivity index (χ0) is 9.42. The van der Waals surface area contributed by atoms with Crippen molar-refractivity contribution in [2.24, 2.45) is 0 Å². The number of fused-ring (bicyclic) bond motifs is 1. The molecule has 1 aromatic heterocycles. The summed E-state index contributed by atoms with van der Waals surface area (Å²) < 4.78 is 4.75. The Morgan fingerprint density at radius 3 is 2.85 bits per heavy atom. The Balaban J connectivity index is 2.79. The number of hydrogen-bond acceptors (Lipinski definition) is 0. The molecule has 1 heterocycles. The van der Waals surface area contributed by atoms with Gasteiger partial charge in [-0.25, -0.2) is 0 Å². The van der Waals surface area contributed by atoms with Crippen molar-refractivity contribution in [1.82, 2.24) is 4.57 Å². The van der Waals surface area contributed by atoms with Crippen LogP contribution in [0.2, 0.25) is 0 Å². The van der Waals surface area contributed by atoms with Crippen molar-refractivity contribution in [2.45, 2.75) is 13.5 Å². The van der Waals surface area contributed by atoms with E-state index in [0.717, 1.165) is 11.0 Å². The first-order chi connectivity index (χ1) is 6.22. The fourth-order valence-corrected chi connectivity index (χ4v) is 2.84. The lowest BCUT2D eigenvalue weighted by Gasteiger charge is -2.01. The summed E-state index contributed by atoms with van der Waals surface area (Å²) in [7, 11) is 0. The zero-order valence-corrected chi connectivity index (χ0v) is 11.0. The summed E-state index contributed by atoms with van der Waals surface area (Å²) in [6.07, 6.45) is 0. The highest BCUT2D eigenvalue weighted by Crippen LogP contribution is 2.24. The van der Waals surface area contributed by atoms with Gasteiger partial charge < -0.3 is 4.57 Å². The molecule has 1 nitrogen and oxygen atoms in total. The van der Waals surface area contributed by atoms with Gasteiger partial charge in [-0.1, -0.05) is 15.9 Å². The van der Waals surface area contributed by atoms with Crippen molar-refractivity contribution in [3.05, 3.63) is 32.4 Å². The van der Waals surface area contributed by atoms with E-state index in [4.69, 9.17) is 0 Å². The van der Waals surface area contributed by atoms with Crippen LogP contribution in [-0.4, -0.2) is 4.57 Å². The first-order valence-electron chi connectivity index (χ1n) is 4.16. The molecule has 0 aliphatic carbocycles. The SMILES string of the molecule is CCn1c(I)cc2cc(Br)ccc21. The van der Waals surface area contributed by atoms with Crippen molar-refractivity contribution in [3.63, 3.8) is 0 Å². The number of halogens is 2. The Morgan fingerprint density at radius 1 is 1.38 bits per heavy atom. The fraction of sp³-hybridized carbons (Fsp3) is 0.200. The van der Waals surface area contributed by atoms with Crippen molar-refractivity contribution >= 4 is 49.4 Å². The van der Waals surface area contributed by atoms with Gasteiger partial charge in [0.1, 0.15) is 0 Å². The normalized spacial score (nSPS) is 11.0. The first kappa shape index (κ1) is 9.52. The van der Waals surface area contributed by atoms with Crippen molar-refractivity contribution in [1.29, 1.82) is 0 Å². The number of rotatable bonds is 1. The molecular weight excluding hydrogens is 341 g/mol. The average molecular weight is 350 g/mol. The van der Waals surface area contributed by atoms with Gasteiger partial charge >= 0.3 is 0 Å². The van der Waals surface area contributed by atoms with E-state index >= 15 is 0 Å². The summed E-state index contributed by atoms with van der Waals surface area (Å²) >= 11 is 5.85. The van der Waals surface area contributed by atoms with E-state index in [2.05, 4.69) is 74.3 Å². The van der Waals surface area contributed by atoms with Gasteiger partial charge in [-0.3, -0.25) is 0 Å². The number of aromatic nitrogens is 1. The van der Waals surface area contributed by atoms with Crippen molar-refractivity contribution in [3.8, 4) is 0 Å². The minimum atomic E-state index is 1.03. The molecule has 0 aliphatic rings. The molecule has 0 spiro atoms. The maximum atomic E-state index is 3.48. The molecule has 2 aromatic rings. The van der Waals surface area contributed by atoms with Gasteiger partial charge in [0.15, 0.2) is 0 Å². The molecule has 2 rings (SSSR count). The first-order valence-corrected chi connectivity index (χ1v) is 6.04. The van der Waals surface area contributed by atoms with E-state index in [9.17, 15) is 0 Å². The van der Waals surface area contributed by atoms with Gasteiger partial charge in [-0.2, -0.15) is 0 Å². The molecule has 0 bridgehead atoms. The molecule has 0 aliphatic heterocycles. The second-order valence-corrected chi connectivity index (χ2v) is 4.94. The molecule has 3 heteroatoms. The molecule has 0 N–H and O–H groups in total.